The molecule has 0 fully saturated rings. The highest BCUT2D eigenvalue weighted by molar-refractivity contribution is 5.98. The molecule has 0 saturated heterocycles. The maximum atomic E-state index is 12.5. The first-order valence-corrected chi connectivity index (χ1v) is 8.29. The number of aromatic nitrogens is 1. The van der Waals surface area contributed by atoms with Crippen LogP contribution >= 0.6 is 0 Å². The lowest BCUT2D eigenvalue weighted by atomic mass is 10.1. The van der Waals surface area contributed by atoms with Gasteiger partial charge in [0, 0.05) is 18.7 Å². The number of benzene rings is 1. The highest BCUT2D eigenvalue weighted by Crippen LogP contribution is 2.25. The lowest BCUT2D eigenvalue weighted by Crippen LogP contribution is -2.36. The molecule has 138 valence electrons. The second-order valence-electron chi connectivity index (χ2n) is 5.60. The van der Waals surface area contributed by atoms with Crippen molar-refractivity contribution in [3.63, 3.8) is 0 Å². The second-order valence-corrected chi connectivity index (χ2v) is 5.60. The fourth-order valence-electron chi connectivity index (χ4n) is 2.43. The van der Waals surface area contributed by atoms with Crippen LogP contribution in [0.1, 0.15) is 29.0 Å². The standard InChI is InChI=1S/C19H18N4O4/c1-14-17(18(22-27-14)15-7-3-2-4-8-15)19(25)26-13-16(24)23(11-5-9-20)12-6-10-21/h2-4,7-8H,5-6,11-13H2,1H3. The lowest BCUT2D eigenvalue weighted by molar-refractivity contribution is -0.134. The van der Waals surface area contributed by atoms with E-state index in [1.165, 1.54) is 4.90 Å². The van der Waals surface area contributed by atoms with Gasteiger partial charge in [0.1, 0.15) is 17.0 Å². The van der Waals surface area contributed by atoms with Crippen LogP contribution in [0.5, 0.6) is 0 Å². The van der Waals surface area contributed by atoms with E-state index in [-0.39, 0.29) is 37.3 Å². The molecule has 2 aromatic rings. The van der Waals surface area contributed by atoms with Crippen molar-refractivity contribution in [3.05, 3.63) is 41.7 Å². The summed E-state index contributed by atoms with van der Waals surface area (Å²) in [7, 11) is 0. The zero-order valence-corrected chi connectivity index (χ0v) is 14.8. The van der Waals surface area contributed by atoms with E-state index in [9.17, 15) is 9.59 Å². The molecule has 27 heavy (non-hydrogen) atoms. The Morgan fingerprint density at radius 3 is 2.37 bits per heavy atom. The van der Waals surface area contributed by atoms with E-state index < -0.39 is 18.5 Å². The number of ether oxygens (including phenoxy) is 1. The number of aryl methyl sites for hydroxylation is 1. The van der Waals surface area contributed by atoms with Gasteiger partial charge >= 0.3 is 5.97 Å². The Morgan fingerprint density at radius 1 is 1.15 bits per heavy atom. The third-order valence-corrected chi connectivity index (χ3v) is 3.78. The number of nitriles is 2. The van der Waals surface area contributed by atoms with Gasteiger partial charge in [0.25, 0.3) is 5.91 Å². The number of nitrogens with zero attached hydrogens (tertiary/aromatic N) is 4. The Hall–Kier alpha value is -3.65. The van der Waals surface area contributed by atoms with Gasteiger partial charge in [-0.3, -0.25) is 4.79 Å². The van der Waals surface area contributed by atoms with Crippen molar-refractivity contribution in [2.45, 2.75) is 19.8 Å². The number of carbonyl (C=O) groups is 2. The molecule has 0 unspecified atom stereocenters. The van der Waals surface area contributed by atoms with Crippen LogP contribution in [0.4, 0.5) is 0 Å². The Kier molecular flexibility index (Phi) is 7.09. The van der Waals surface area contributed by atoms with E-state index in [4.69, 9.17) is 19.8 Å². The van der Waals surface area contributed by atoms with Gasteiger partial charge < -0.3 is 14.2 Å². The monoisotopic (exact) mass is 366 g/mol. The number of rotatable bonds is 8. The number of hydrogen-bond acceptors (Lipinski definition) is 7. The van der Waals surface area contributed by atoms with E-state index in [2.05, 4.69) is 5.16 Å². The molecule has 2 rings (SSSR count). The fraction of sp³-hybridized carbons (Fsp3) is 0.316. The van der Waals surface area contributed by atoms with E-state index in [0.717, 1.165) is 0 Å². The van der Waals surface area contributed by atoms with Crippen LogP contribution in [0.2, 0.25) is 0 Å². The first-order chi connectivity index (χ1) is 13.1. The molecular weight excluding hydrogens is 348 g/mol. The first kappa shape index (κ1) is 19.7. The second kappa shape index (κ2) is 9.73. The Labute approximate surface area is 156 Å². The van der Waals surface area contributed by atoms with Gasteiger partial charge in [-0.1, -0.05) is 35.5 Å². The summed E-state index contributed by atoms with van der Waals surface area (Å²) in [5.74, 6) is -0.900. The zero-order valence-electron chi connectivity index (χ0n) is 14.8. The summed E-state index contributed by atoms with van der Waals surface area (Å²) in [5, 5.41) is 21.3. The van der Waals surface area contributed by atoms with Crippen LogP contribution < -0.4 is 0 Å². The summed E-state index contributed by atoms with van der Waals surface area (Å²) in [5.41, 5.74) is 1.20. The third-order valence-electron chi connectivity index (χ3n) is 3.78. The van der Waals surface area contributed by atoms with Gasteiger partial charge in [-0.2, -0.15) is 10.5 Å². The van der Waals surface area contributed by atoms with Crippen molar-refractivity contribution in [2.24, 2.45) is 0 Å². The van der Waals surface area contributed by atoms with Gasteiger partial charge in [0.05, 0.1) is 25.0 Å². The van der Waals surface area contributed by atoms with Crippen molar-refractivity contribution < 1.29 is 18.8 Å². The largest absolute Gasteiger partial charge is 0.452 e. The van der Waals surface area contributed by atoms with Gasteiger partial charge in [0.2, 0.25) is 0 Å². The summed E-state index contributed by atoms with van der Waals surface area (Å²) in [4.78, 5) is 26.1. The summed E-state index contributed by atoms with van der Waals surface area (Å²) in [6.45, 7) is 1.45. The normalized spacial score (nSPS) is 9.89. The predicted molar refractivity (Wildman–Crippen MR) is 94.0 cm³/mol. The van der Waals surface area contributed by atoms with Gasteiger partial charge in [0.15, 0.2) is 6.61 Å². The molecule has 1 aromatic carbocycles. The van der Waals surface area contributed by atoms with Crippen molar-refractivity contribution in [3.8, 4) is 23.4 Å². The molecule has 0 bridgehead atoms. The average molecular weight is 366 g/mol. The molecule has 0 aliphatic heterocycles. The van der Waals surface area contributed by atoms with Crippen molar-refractivity contribution in [1.82, 2.24) is 10.1 Å². The summed E-state index contributed by atoms with van der Waals surface area (Å²) in [6, 6.07) is 12.9. The quantitative estimate of drug-likeness (QED) is 0.658. The Morgan fingerprint density at radius 2 is 1.78 bits per heavy atom. The molecule has 0 aliphatic rings. The summed E-state index contributed by atoms with van der Waals surface area (Å²) in [6.07, 6.45) is 0.266. The average Bonchev–Trinajstić information content (AvgIpc) is 3.08. The number of esters is 1. The molecule has 0 N–H and O–H groups in total. The molecule has 0 saturated carbocycles. The predicted octanol–water partition coefficient (Wildman–Crippen LogP) is 2.46. The molecule has 8 nitrogen and oxygen atoms in total. The molecule has 8 heteroatoms. The molecule has 0 aliphatic carbocycles. The number of amides is 1. The minimum absolute atomic E-state index is 0.133. The first-order valence-electron chi connectivity index (χ1n) is 8.29. The Bertz CT molecular complexity index is 859. The van der Waals surface area contributed by atoms with Gasteiger partial charge in [-0.15, -0.1) is 0 Å². The molecule has 0 radical (unpaired) electrons. The minimum Gasteiger partial charge on any atom is -0.452 e. The van der Waals surface area contributed by atoms with Crippen LogP contribution in [0.25, 0.3) is 11.3 Å². The summed E-state index contributed by atoms with van der Waals surface area (Å²) >= 11 is 0. The molecule has 0 spiro atoms. The molecule has 1 aromatic heterocycles. The molecule has 0 atom stereocenters. The maximum absolute atomic E-state index is 12.5. The highest BCUT2D eigenvalue weighted by atomic mass is 16.5. The zero-order chi connectivity index (χ0) is 19.6. The number of hydrogen-bond donors (Lipinski definition) is 0. The van der Waals surface area contributed by atoms with Crippen LogP contribution in [0, 0.1) is 29.6 Å². The molecular formula is C19H18N4O4. The van der Waals surface area contributed by atoms with Gasteiger partial charge in [-0.25, -0.2) is 4.79 Å². The minimum atomic E-state index is -0.721. The Balaban J connectivity index is 2.07. The van der Waals surface area contributed by atoms with Crippen LogP contribution in [-0.2, 0) is 9.53 Å². The smallest absolute Gasteiger partial charge is 0.344 e. The fourth-order valence-corrected chi connectivity index (χ4v) is 2.43. The van der Waals surface area contributed by atoms with E-state index in [1.54, 1.807) is 31.2 Å². The topological polar surface area (TPSA) is 120 Å². The van der Waals surface area contributed by atoms with Crippen LogP contribution in [-0.4, -0.2) is 41.6 Å². The maximum Gasteiger partial charge on any atom is 0.344 e. The van der Waals surface area contributed by atoms with E-state index in [1.807, 2.05) is 18.2 Å². The van der Waals surface area contributed by atoms with Crippen LogP contribution in [0.3, 0.4) is 0 Å². The van der Waals surface area contributed by atoms with E-state index >= 15 is 0 Å². The van der Waals surface area contributed by atoms with Crippen molar-refractivity contribution in [2.75, 3.05) is 19.7 Å². The SMILES string of the molecule is Cc1onc(-c2ccccc2)c1C(=O)OCC(=O)N(CCC#N)CCC#N. The molecule has 1 heterocycles. The number of carbonyl (C=O) groups excluding carboxylic acids is 2. The van der Waals surface area contributed by atoms with E-state index in [0.29, 0.717) is 11.3 Å². The highest BCUT2D eigenvalue weighted by Gasteiger charge is 2.24. The van der Waals surface area contributed by atoms with Crippen molar-refractivity contribution in [1.29, 1.82) is 10.5 Å². The summed E-state index contributed by atoms with van der Waals surface area (Å²) < 4.78 is 10.2. The lowest BCUT2D eigenvalue weighted by Gasteiger charge is -2.20. The van der Waals surface area contributed by atoms with Gasteiger partial charge in [-0.05, 0) is 6.92 Å². The van der Waals surface area contributed by atoms with Crippen LogP contribution in [0.15, 0.2) is 34.9 Å². The third kappa shape index (κ3) is 5.16. The molecule has 1 amide bonds. The van der Waals surface area contributed by atoms with Crippen molar-refractivity contribution >= 4 is 11.9 Å².